The second-order valence-electron chi connectivity index (χ2n) is 5.38. The Hall–Kier alpha value is -1.30. The zero-order chi connectivity index (χ0) is 14.7. The zero-order valence-corrected chi connectivity index (χ0v) is 13.1. The smallest absolute Gasteiger partial charge is 0.169 e. The van der Waals surface area contributed by atoms with Crippen LogP contribution < -0.4 is 0 Å². The van der Waals surface area contributed by atoms with E-state index in [1.807, 2.05) is 24.3 Å². The number of carbonyl (C=O) groups is 1. The Morgan fingerprint density at radius 2 is 2.33 bits per heavy atom. The number of benzene rings is 1. The summed E-state index contributed by atoms with van der Waals surface area (Å²) in [6, 6.07) is 8.00. The maximum Gasteiger partial charge on any atom is 0.169 e. The van der Waals surface area contributed by atoms with Gasteiger partial charge in [-0.25, -0.2) is 4.98 Å². The predicted octanol–water partition coefficient (Wildman–Crippen LogP) is 2.52. The van der Waals surface area contributed by atoms with E-state index in [1.165, 1.54) is 0 Å². The Bertz CT molecular complexity index is 591. The molecule has 1 fully saturated rings. The molecule has 0 aliphatic carbocycles. The molecule has 0 N–H and O–H groups in total. The largest absolute Gasteiger partial charge is 0.368 e. The molecule has 2 heterocycles. The molecule has 21 heavy (non-hydrogen) atoms. The van der Waals surface area contributed by atoms with E-state index in [9.17, 15) is 4.79 Å². The van der Waals surface area contributed by atoms with Gasteiger partial charge in [0.05, 0.1) is 23.2 Å². The summed E-state index contributed by atoms with van der Waals surface area (Å²) in [7, 11) is 0. The first kappa shape index (κ1) is 14.6. The molecule has 4 nitrogen and oxygen atoms in total. The molecule has 112 valence electrons. The molecule has 5 heteroatoms. The Labute approximate surface area is 128 Å². The van der Waals surface area contributed by atoms with Crippen LogP contribution in [0.4, 0.5) is 0 Å². The van der Waals surface area contributed by atoms with Gasteiger partial charge in [0.25, 0.3) is 0 Å². The van der Waals surface area contributed by atoms with Crippen LogP contribution in [0.1, 0.15) is 18.4 Å². The minimum atomic E-state index is -0.294. The van der Waals surface area contributed by atoms with Crippen LogP contribution in [0.5, 0.6) is 0 Å². The number of morpholine rings is 1. The van der Waals surface area contributed by atoms with Crippen molar-refractivity contribution in [1.82, 2.24) is 9.88 Å². The quantitative estimate of drug-likeness (QED) is 0.851. The van der Waals surface area contributed by atoms with E-state index in [2.05, 4.69) is 16.8 Å². The molecular weight excluding hydrogens is 284 g/mol. The maximum atomic E-state index is 12.4. The van der Waals surface area contributed by atoms with Crippen molar-refractivity contribution in [2.24, 2.45) is 0 Å². The van der Waals surface area contributed by atoms with E-state index in [-0.39, 0.29) is 11.9 Å². The van der Waals surface area contributed by atoms with Crippen LogP contribution in [0.2, 0.25) is 0 Å². The van der Waals surface area contributed by atoms with E-state index in [0.29, 0.717) is 13.0 Å². The summed E-state index contributed by atoms with van der Waals surface area (Å²) < 4.78 is 6.78. The SMILES string of the molecule is CCCN1CCOC(C(=O)Cc2nc3ccccc3s2)C1. The standard InChI is InChI=1S/C16H20N2O2S/c1-2-7-18-8-9-20-14(11-18)13(19)10-16-17-12-5-3-4-6-15(12)21-16/h3-6,14H,2,7-11H2,1H3. The van der Waals surface area contributed by atoms with Crippen LogP contribution in [0.3, 0.4) is 0 Å². The van der Waals surface area contributed by atoms with Crippen molar-refractivity contribution in [3.05, 3.63) is 29.3 Å². The van der Waals surface area contributed by atoms with Gasteiger partial charge in [-0.05, 0) is 25.1 Å². The molecule has 1 saturated heterocycles. The summed E-state index contributed by atoms with van der Waals surface area (Å²) in [5, 5.41) is 0.886. The highest BCUT2D eigenvalue weighted by molar-refractivity contribution is 7.18. The lowest BCUT2D eigenvalue weighted by Crippen LogP contribution is -2.46. The van der Waals surface area contributed by atoms with Gasteiger partial charge in [-0.3, -0.25) is 9.69 Å². The highest BCUT2D eigenvalue weighted by atomic mass is 32.1. The van der Waals surface area contributed by atoms with Crippen LogP contribution in [0.25, 0.3) is 10.2 Å². The number of Topliss-reactive ketones (excluding diaryl/α,β-unsaturated/α-hetero) is 1. The first-order valence-electron chi connectivity index (χ1n) is 7.47. The van der Waals surface area contributed by atoms with Gasteiger partial charge in [-0.15, -0.1) is 11.3 Å². The van der Waals surface area contributed by atoms with Gasteiger partial charge in [-0.1, -0.05) is 19.1 Å². The highest BCUT2D eigenvalue weighted by Crippen LogP contribution is 2.22. The Morgan fingerprint density at radius 1 is 1.48 bits per heavy atom. The number of ether oxygens (including phenoxy) is 1. The molecule has 1 unspecified atom stereocenters. The number of hydrogen-bond donors (Lipinski definition) is 0. The van der Waals surface area contributed by atoms with Gasteiger partial charge in [0.2, 0.25) is 0 Å². The third-order valence-corrected chi connectivity index (χ3v) is 4.75. The fourth-order valence-electron chi connectivity index (χ4n) is 2.68. The number of hydrogen-bond acceptors (Lipinski definition) is 5. The van der Waals surface area contributed by atoms with E-state index in [4.69, 9.17) is 4.74 Å². The number of nitrogens with zero attached hydrogens (tertiary/aromatic N) is 2. The lowest BCUT2D eigenvalue weighted by molar-refractivity contribution is -0.135. The van der Waals surface area contributed by atoms with Crippen LogP contribution in [0.15, 0.2) is 24.3 Å². The molecule has 0 radical (unpaired) electrons. The van der Waals surface area contributed by atoms with Crippen molar-refractivity contribution in [3.8, 4) is 0 Å². The second kappa shape index (κ2) is 6.64. The minimum absolute atomic E-state index is 0.148. The van der Waals surface area contributed by atoms with E-state index >= 15 is 0 Å². The normalized spacial score (nSPS) is 20.0. The first-order valence-corrected chi connectivity index (χ1v) is 8.29. The van der Waals surface area contributed by atoms with E-state index in [1.54, 1.807) is 11.3 Å². The highest BCUT2D eigenvalue weighted by Gasteiger charge is 2.26. The van der Waals surface area contributed by atoms with Crippen molar-refractivity contribution < 1.29 is 9.53 Å². The van der Waals surface area contributed by atoms with Gasteiger partial charge in [0, 0.05) is 13.1 Å². The maximum absolute atomic E-state index is 12.4. The first-order chi connectivity index (χ1) is 10.3. The number of ketones is 1. The van der Waals surface area contributed by atoms with Crippen molar-refractivity contribution in [3.63, 3.8) is 0 Å². The van der Waals surface area contributed by atoms with Crippen molar-refractivity contribution in [1.29, 1.82) is 0 Å². The Balaban J connectivity index is 1.65. The zero-order valence-electron chi connectivity index (χ0n) is 12.2. The fourth-order valence-corrected chi connectivity index (χ4v) is 3.65. The minimum Gasteiger partial charge on any atom is -0.368 e. The summed E-state index contributed by atoms with van der Waals surface area (Å²) in [5.41, 5.74) is 0.975. The van der Waals surface area contributed by atoms with E-state index in [0.717, 1.165) is 41.3 Å². The van der Waals surface area contributed by atoms with E-state index < -0.39 is 0 Å². The molecule has 3 rings (SSSR count). The van der Waals surface area contributed by atoms with Crippen LogP contribution >= 0.6 is 11.3 Å². The molecule has 1 atom stereocenters. The third kappa shape index (κ3) is 3.48. The number of thiazole rings is 1. The predicted molar refractivity (Wildman–Crippen MR) is 84.8 cm³/mol. The Morgan fingerprint density at radius 3 is 3.14 bits per heavy atom. The number of rotatable bonds is 5. The summed E-state index contributed by atoms with van der Waals surface area (Å²) in [4.78, 5) is 19.3. The average molecular weight is 304 g/mol. The van der Waals surface area contributed by atoms with Crippen molar-refractivity contribution >= 4 is 27.3 Å². The van der Waals surface area contributed by atoms with Crippen LogP contribution in [0, 0.1) is 0 Å². The summed E-state index contributed by atoms with van der Waals surface area (Å²) in [6.45, 7) is 5.49. The van der Waals surface area contributed by atoms with Crippen LogP contribution in [-0.4, -0.2) is 48.0 Å². The van der Waals surface area contributed by atoms with Crippen molar-refractivity contribution in [2.45, 2.75) is 25.9 Å². The molecule has 1 aromatic carbocycles. The molecule has 1 aliphatic rings. The molecule has 0 amide bonds. The molecule has 0 saturated carbocycles. The lowest BCUT2D eigenvalue weighted by atomic mass is 10.1. The molecular formula is C16H20N2O2S. The second-order valence-corrected chi connectivity index (χ2v) is 6.49. The molecule has 2 aromatic rings. The summed E-state index contributed by atoms with van der Waals surface area (Å²) >= 11 is 1.60. The summed E-state index contributed by atoms with van der Waals surface area (Å²) in [5.74, 6) is 0.148. The average Bonchev–Trinajstić information content (AvgIpc) is 2.90. The molecule has 0 spiro atoms. The number of para-hydroxylation sites is 1. The van der Waals surface area contributed by atoms with Crippen molar-refractivity contribution in [2.75, 3.05) is 26.2 Å². The van der Waals surface area contributed by atoms with Gasteiger partial charge >= 0.3 is 0 Å². The van der Waals surface area contributed by atoms with Gasteiger partial charge in [0.15, 0.2) is 5.78 Å². The molecule has 0 bridgehead atoms. The Kier molecular flexibility index (Phi) is 4.63. The number of carbonyl (C=O) groups excluding carboxylic acids is 1. The fraction of sp³-hybridized carbons (Fsp3) is 0.500. The van der Waals surface area contributed by atoms with Gasteiger partial charge < -0.3 is 4.74 Å². The number of fused-ring (bicyclic) bond motifs is 1. The summed E-state index contributed by atoms with van der Waals surface area (Å²) in [6.07, 6.45) is 1.19. The van der Waals surface area contributed by atoms with Gasteiger partial charge in [-0.2, -0.15) is 0 Å². The number of aromatic nitrogens is 1. The topological polar surface area (TPSA) is 42.4 Å². The molecule has 1 aliphatic heterocycles. The monoisotopic (exact) mass is 304 g/mol. The lowest BCUT2D eigenvalue weighted by Gasteiger charge is -2.31. The van der Waals surface area contributed by atoms with Gasteiger partial charge in [0.1, 0.15) is 11.1 Å². The third-order valence-electron chi connectivity index (χ3n) is 3.71. The molecule has 1 aromatic heterocycles. The van der Waals surface area contributed by atoms with Crippen LogP contribution in [-0.2, 0) is 16.0 Å².